The predicted octanol–water partition coefficient (Wildman–Crippen LogP) is 2.51. The van der Waals surface area contributed by atoms with Crippen LogP contribution in [0.5, 0.6) is 0 Å². The van der Waals surface area contributed by atoms with Crippen LogP contribution in [0.1, 0.15) is 18.4 Å². The summed E-state index contributed by atoms with van der Waals surface area (Å²) in [5.41, 5.74) is 0.690. The van der Waals surface area contributed by atoms with Gasteiger partial charge in [0, 0.05) is 13.1 Å². The number of carboxylic acid groups (broad SMARTS) is 1. The smallest absolute Gasteiger partial charge is 0.394 e. The van der Waals surface area contributed by atoms with Crippen LogP contribution in [-0.2, 0) is 9.59 Å². The van der Waals surface area contributed by atoms with Gasteiger partial charge in [0.2, 0.25) is 5.91 Å². The molecule has 1 aromatic carbocycles. The lowest BCUT2D eigenvalue weighted by Gasteiger charge is -2.21. The molecule has 0 bridgehead atoms. The van der Waals surface area contributed by atoms with E-state index < -0.39 is 48.9 Å². The van der Waals surface area contributed by atoms with Crippen molar-refractivity contribution < 1.29 is 27.9 Å². The fraction of sp³-hybridized carbons (Fsp3) is 0.467. The maximum atomic E-state index is 12.9. The van der Waals surface area contributed by atoms with Crippen LogP contribution in [0.4, 0.5) is 13.2 Å². The second-order valence-corrected chi connectivity index (χ2v) is 5.47. The van der Waals surface area contributed by atoms with E-state index in [1.807, 2.05) is 0 Å². The van der Waals surface area contributed by atoms with E-state index in [1.165, 1.54) is 0 Å². The molecule has 1 N–H and O–H groups in total. The highest BCUT2D eigenvalue weighted by atomic mass is 19.4. The fourth-order valence-electron chi connectivity index (χ4n) is 2.72. The molecule has 4 nitrogen and oxygen atoms in total. The number of likely N-dealkylation sites (tertiary alicyclic amines) is 1. The zero-order valence-corrected chi connectivity index (χ0v) is 11.9. The van der Waals surface area contributed by atoms with Crippen molar-refractivity contribution in [1.82, 2.24) is 4.90 Å². The summed E-state index contributed by atoms with van der Waals surface area (Å²) in [6.45, 7) is 0.598. The Bertz CT molecular complexity index is 559. The average Bonchev–Trinajstić information content (AvgIpc) is 2.92. The average molecular weight is 315 g/mol. The van der Waals surface area contributed by atoms with Crippen molar-refractivity contribution in [3.63, 3.8) is 0 Å². The van der Waals surface area contributed by atoms with Crippen LogP contribution in [0.15, 0.2) is 30.3 Å². The Balaban J connectivity index is 2.16. The van der Waals surface area contributed by atoms with Gasteiger partial charge in [0.05, 0.1) is 17.8 Å². The molecule has 22 heavy (non-hydrogen) atoms. The Labute approximate surface area is 125 Å². The molecule has 1 aliphatic rings. The second-order valence-electron chi connectivity index (χ2n) is 5.47. The molecular formula is C15H16F3NO3. The molecule has 3 atom stereocenters. The first kappa shape index (κ1) is 16.3. The molecule has 1 heterocycles. The van der Waals surface area contributed by atoms with E-state index in [2.05, 4.69) is 0 Å². The molecular weight excluding hydrogens is 299 g/mol. The Morgan fingerprint density at radius 2 is 1.82 bits per heavy atom. The molecule has 1 fully saturated rings. The first-order chi connectivity index (χ1) is 10.2. The topological polar surface area (TPSA) is 57.6 Å². The molecule has 2 rings (SSSR count). The highest BCUT2D eigenvalue weighted by Crippen LogP contribution is 2.38. The predicted molar refractivity (Wildman–Crippen MR) is 72.1 cm³/mol. The summed E-state index contributed by atoms with van der Waals surface area (Å²) in [6, 6.07) is 8.68. The summed E-state index contributed by atoms with van der Waals surface area (Å²) in [4.78, 5) is 24.4. The minimum atomic E-state index is -4.63. The standard InChI is InChI=1S/C15H16F3NO3/c1-9(10-5-3-2-4-6-10)13(20)19-7-11(14(21)22)12(8-19)15(16,17)18/h2-6,9,11-12H,7-8H2,1H3,(H,21,22)/t9-,11+,12+/m0/s1. The number of halogens is 3. The third-order valence-corrected chi connectivity index (χ3v) is 4.04. The number of benzene rings is 1. The lowest BCUT2D eigenvalue weighted by molar-refractivity contribution is -0.188. The Morgan fingerprint density at radius 3 is 2.27 bits per heavy atom. The van der Waals surface area contributed by atoms with Crippen LogP contribution in [0.25, 0.3) is 0 Å². The van der Waals surface area contributed by atoms with Gasteiger partial charge >= 0.3 is 12.1 Å². The Morgan fingerprint density at radius 1 is 1.23 bits per heavy atom. The maximum Gasteiger partial charge on any atom is 0.394 e. The lowest BCUT2D eigenvalue weighted by atomic mass is 9.96. The van der Waals surface area contributed by atoms with Crippen molar-refractivity contribution in [2.75, 3.05) is 13.1 Å². The third kappa shape index (κ3) is 3.23. The molecule has 0 saturated carbocycles. The van der Waals surface area contributed by atoms with Crippen molar-refractivity contribution in [2.45, 2.75) is 19.0 Å². The highest BCUT2D eigenvalue weighted by Gasteiger charge is 2.53. The van der Waals surface area contributed by atoms with Crippen molar-refractivity contribution in [1.29, 1.82) is 0 Å². The number of aliphatic carboxylic acids is 1. The van der Waals surface area contributed by atoms with Gasteiger partial charge < -0.3 is 10.0 Å². The zero-order valence-electron chi connectivity index (χ0n) is 11.9. The summed E-state index contributed by atoms with van der Waals surface area (Å²) < 4.78 is 38.8. The second kappa shape index (κ2) is 5.98. The van der Waals surface area contributed by atoms with Crippen LogP contribution in [0.2, 0.25) is 0 Å². The minimum Gasteiger partial charge on any atom is -0.481 e. The van der Waals surface area contributed by atoms with E-state index in [0.29, 0.717) is 5.56 Å². The van der Waals surface area contributed by atoms with Gasteiger partial charge in [0.1, 0.15) is 0 Å². The molecule has 0 aromatic heterocycles. The largest absolute Gasteiger partial charge is 0.481 e. The van der Waals surface area contributed by atoms with Crippen LogP contribution in [0.3, 0.4) is 0 Å². The fourth-order valence-corrected chi connectivity index (χ4v) is 2.72. The van der Waals surface area contributed by atoms with Gasteiger partial charge in [0.25, 0.3) is 0 Å². The van der Waals surface area contributed by atoms with Crippen LogP contribution >= 0.6 is 0 Å². The molecule has 1 amide bonds. The van der Waals surface area contributed by atoms with Gasteiger partial charge in [-0.3, -0.25) is 9.59 Å². The first-order valence-electron chi connectivity index (χ1n) is 6.85. The van der Waals surface area contributed by atoms with Gasteiger partial charge in [-0.15, -0.1) is 0 Å². The highest BCUT2D eigenvalue weighted by molar-refractivity contribution is 5.84. The lowest BCUT2D eigenvalue weighted by Crippen LogP contribution is -2.34. The molecule has 1 saturated heterocycles. The van der Waals surface area contributed by atoms with E-state index in [9.17, 15) is 22.8 Å². The number of alkyl halides is 3. The molecule has 0 spiro atoms. The Kier molecular flexibility index (Phi) is 4.44. The van der Waals surface area contributed by atoms with Crippen molar-refractivity contribution in [3.05, 3.63) is 35.9 Å². The van der Waals surface area contributed by atoms with E-state index in [-0.39, 0.29) is 0 Å². The van der Waals surface area contributed by atoms with Gasteiger partial charge in [-0.2, -0.15) is 13.2 Å². The monoisotopic (exact) mass is 315 g/mol. The maximum absolute atomic E-state index is 12.9. The van der Waals surface area contributed by atoms with Crippen molar-refractivity contribution >= 4 is 11.9 Å². The van der Waals surface area contributed by atoms with Crippen molar-refractivity contribution in [2.24, 2.45) is 11.8 Å². The van der Waals surface area contributed by atoms with Gasteiger partial charge in [0.15, 0.2) is 0 Å². The van der Waals surface area contributed by atoms with E-state index >= 15 is 0 Å². The van der Waals surface area contributed by atoms with Crippen LogP contribution in [0, 0.1) is 11.8 Å². The SMILES string of the molecule is C[C@H](C(=O)N1C[C@@H](C(F)(F)F)[C@H](C(=O)O)C1)c1ccccc1. The van der Waals surface area contributed by atoms with Crippen molar-refractivity contribution in [3.8, 4) is 0 Å². The number of hydrogen-bond donors (Lipinski definition) is 1. The molecule has 1 aromatic rings. The Hall–Kier alpha value is -2.05. The van der Waals surface area contributed by atoms with Crippen LogP contribution in [-0.4, -0.2) is 41.1 Å². The van der Waals surface area contributed by atoms with Gasteiger partial charge in [-0.05, 0) is 12.5 Å². The molecule has 120 valence electrons. The number of hydrogen-bond acceptors (Lipinski definition) is 2. The number of carboxylic acids is 1. The number of amides is 1. The number of carbonyl (C=O) groups is 2. The number of carbonyl (C=O) groups excluding carboxylic acids is 1. The summed E-state index contributed by atoms with van der Waals surface area (Å²) in [7, 11) is 0. The minimum absolute atomic E-state index is 0.407. The first-order valence-corrected chi connectivity index (χ1v) is 6.85. The third-order valence-electron chi connectivity index (χ3n) is 4.04. The van der Waals surface area contributed by atoms with E-state index in [1.54, 1.807) is 37.3 Å². The van der Waals surface area contributed by atoms with Gasteiger partial charge in [-0.1, -0.05) is 30.3 Å². The number of rotatable bonds is 3. The molecule has 0 radical (unpaired) electrons. The summed E-state index contributed by atoms with van der Waals surface area (Å²) in [5.74, 6) is -6.24. The van der Waals surface area contributed by atoms with Gasteiger partial charge in [-0.25, -0.2) is 0 Å². The summed E-state index contributed by atoms with van der Waals surface area (Å²) >= 11 is 0. The molecule has 0 aliphatic carbocycles. The van der Waals surface area contributed by atoms with Crippen LogP contribution < -0.4 is 0 Å². The molecule has 1 aliphatic heterocycles. The number of nitrogens with zero attached hydrogens (tertiary/aromatic N) is 1. The summed E-state index contributed by atoms with van der Waals surface area (Å²) in [5, 5.41) is 8.96. The normalized spacial score (nSPS) is 23.4. The molecule has 7 heteroatoms. The summed E-state index contributed by atoms with van der Waals surface area (Å²) in [6.07, 6.45) is -4.63. The quantitative estimate of drug-likeness (QED) is 0.932. The molecule has 0 unspecified atom stereocenters. The van der Waals surface area contributed by atoms with E-state index in [0.717, 1.165) is 4.90 Å². The zero-order chi connectivity index (χ0) is 16.5. The van der Waals surface area contributed by atoms with E-state index in [4.69, 9.17) is 5.11 Å².